The van der Waals surface area contributed by atoms with Crippen LogP contribution in [0.1, 0.15) is 6.92 Å². The molecule has 1 amide bonds. The zero-order valence-electron chi connectivity index (χ0n) is 9.34. The highest BCUT2D eigenvalue weighted by Crippen LogP contribution is 2.21. The number of carbonyl (C=O) groups is 2. The molecule has 17 heavy (non-hydrogen) atoms. The second-order valence-corrected chi connectivity index (χ2v) is 3.09. The van der Waals surface area contributed by atoms with E-state index in [1.54, 1.807) is 25.1 Å². The molecule has 0 fully saturated rings. The normalized spacial score (nSPS) is 10.2. The molecule has 0 unspecified atom stereocenters. The SMILES string of the molecule is CCOC(=O)C=CC(=O)Nc1ccccc1O. The van der Waals surface area contributed by atoms with Crippen LogP contribution in [-0.2, 0) is 14.3 Å². The number of phenolic OH excluding ortho intramolecular Hbond substituents is 1. The molecule has 0 aliphatic heterocycles. The Labute approximate surface area is 98.7 Å². The van der Waals surface area contributed by atoms with Crippen LogP contribution in [0.5, 0.6) is 5.75 Å². The highest BCUT2D eigenvalue weighted by atomic mass is 16.5. The van der Waals surface area contributed by atoms with Crippen molar-refractivity contribution in [1.82, 2.24) is 0 Å². The smallest absolute Gasteiger partial charge is 0.330 e. The standard InChI is InChI=1S/C12H13NO4/c1-2-17-12(16)8-7-11(15)13-9-5-3-4-6-10(9)14/h3-8,14H,2H2,1H3,(H,13,15). The summed E-state index contributed by atoms with van der Waals surface area (Å²) in [4.78, 5) is 22.3. The van der Waals surface area contributed by atoms with E-state index in [0.29, 0.717) is 0 Å². The van der Waals surface area contributed by atoms with Crippen LogP contribution in [0, 0.1) is 0 Å². The largest absolute Gasteiger partial charge is 0.506 e. The first-order valence-electron chi connectivity index (χ1n) is 5.07. The number of amides is 1. The van der Waals surface area contributed by atoms with E-state index in [1.165, 1.54) is 6.07 Å². The summed E-state index contributed by atoms with van der Waals surface area (Å²) in [7, 11) is 0. The monoisotopic (exact) mass is 235 g/mol. The number of carbonyl (C=O) groups excluding carboxylic acids is 2. The number of aromatic hydroxyl groups is 1. The van der Waals surface area contributed by atoms with E-state index in [4.69, 9.17) is 0 Å². The molecule has 5 heteroatoms. The van der Waals surface area contributed by atoms with Gasteiger partial charge in [-0.3, -0.25) is 4.79 Å². The van der Waals surface area contributed by atoms with Crippen LogP contribution in [0.3, 0.4) is 0 Å². The Kier molecular flexibility index (Phi) is 4.75. The predicted molar refractivity (Wildman–Crippen MR) is 62.5 cm³/mol. The zero-order valence-corrected chi connectivity index (χ0v) is 9.34. The van der Waals surface area contributed by atoms with Crippen LogP contribution in [0.15, 0.2) is 36.4 Å². The second-order valence-electron chi connectivity index (χ2n) is 3.09. The molecular weight excluding hydrogens is 222 g/mol. The van der Waals surface area contributed by atoms with Gasteiger partial charge < -0.3 is 15.2 Å². The van der Waals surface area contributed by atoms with Gasteiger partial charge in [0.25, 0.3) is 0 Å². The van der Waals surface area contributed by atoms with Crippen LogP contribution in [0.4, 0.5) is 5.69 Å². The summed E-state index contributed by atoms with van der Waals surface area (Å²) in [6.45, 7) is 1.93. The van der Waals surface area contributed by atoms with Crippen LogP contribution in [0.25, 0.3) is 0 Å². The number of para-hydroxylation sites is 2. The number of rotatable bonds is 4. The molecule has 5 nitrogen and oxygen atoms in total. The second kappa shape index (κ2) is 6.32. The van der Waals surface area contributed by atoms with Gasteiger partial charge in [0.05, 0.1) is 12.3 Å². The minimum atomic E-state index is -0.583. The van der Waals surface area contributed by atoms with Crippen molar-refractivity contribution < 1.29 is 19.4 Å². The molecule has 0 aliphatic carbocycles. The Hall–Kier alpha value is -2.30. The summed E-state index contributed by atoms with van der Waals surface area (Å²) in [5.74, 6) is -1.13. The lowest BCUT2D eigenvalue weighted by Gasteiger charge is -2.03. The van der Waals surface area contributed by atoms with Crippen molar-refractivity contribution >= 4 is 17.6 Å². The number of benzene rings is 1. The van der Waals surface area contributed by atoms with Crippen molar-refractivity contribution in [1.29, 1.82) is 0 Å². The third-order valence-corrected chi connectivity index (χ3v) is 1.82. The lowest BCUT2D eigenvalue weighted by atomic mass is 10.3. The van der Waals surface area contributed by atoms with Crippen molar-refractivity contribution in [2.45, 2.75) is 6.92 Å². The Morgan fingerprint density at radius 1 is 1.35 bits per heavy atom. The number of anilines is 1. The van der Waals surface area contributed by atoms with Crippen molar-refractivity contribution in [2.75, 3.05) is 11.9 Å². The van der Waals surface area contributed by atoms with Crippen LogP contribution in [-0.4, -0.2) is 23.6 Å². The van der Waals surface area contributed by atoms with Gasteiger partial charge in [-0.2, -0.15) is 0 Å². The number of ether oxygens (including phenoxy) is 1. The van der Waals surface area contributed by atoms with E-state index in [-0.39, 0.29) is 18.0 Å². The van der Waals surface area contributed by atoms with E-state index in [9.17, 15) is 14.7 Å². The maximum Gasteiger partial charge on any atom is 0.330 e. The molecule has 90 valence electrons. The van der Waals surface area contributed by atoms with Gasteiger partial charge in [0.1, 0.15) is 5.75 Å². The summed E-state index contributed by atoms with van der Waals surface area (Å²) in [6, 6.07) is 6.31. The summed E-state index contributed by atoms with van der Waals surface area (Å²) in [5, 5.41) is 11.8. The molecule has 0 heterocycles. The molecule has 2 N–H and O–H groups in total. The number of hydrogen-bond acceptors (Lipinski definition) is 4. The quantitative estimate of drug-likeness (QED) is 0.470. The van der Waals surface area contributed by atoms with Crippen molar-refractivity contribution in [2.24, 2.45) is 0 Å². The molecule has 0 atom stereocenters. The maximum absolute atomic E-state index is 11.4. The molecule has 0 radical (unpaired) electrons. The zero-order chi connectivity index (χ0) is 12.7. The number of esters is 1. The van der Waals surface area contributed by atoms with Crippen molar-refractivity contribution in [3.05, 3.63) is 36.4 Å². The third kappa shape index (κ3) is 4.38. The number of phenols is 1. The molecule has 1 aromatic carbocycles. The average Bonchev–Trinajstić information content (AvgIpc) is 2.30. The Balaban J connectivity index is 2.56. The van der Waals surface area contributed by atoms with Crippen molar-refractivity contribution in [3.8, 4) is 5.75 Å². The van der Waals surface area contributed by atoms with Gasteiger partial charge >= 0.3 is 5.97 Å². The number of nitrogens with one attached hydrogen (secondary N) is 1. The van der Waals surface area contributed by atoms with Gasteiger partial charge in [-0.25, -0.2) is 4.79 Å². The van der Waals surface area contributed by atoms with Crippen molar-refractivity contribution in [3.63, 3.8) is 0 Å². The number of hydrogen-bond donors (Lipinski definition) is 2. The topological polar surface area (TPSA) is 75.6 Å². The highest BCUT2D eigenvalue weighted by molar-refractivity contribution is 6.03. The lowest BCUT2D eigenvalue weighted by molar-refractivity contribution is -0.137. The minimum absolute atomic E-state index is 0.0367. The lowest BCUT2D eigenvalue weighted by Crippen LogP contribution is -2.09. The molecular formula is C12H13NO4. The summed E-state index contributed by atoms with van der Waals surface area (Å²) >= 11 is 0. The first kappa shape index (κ1) is 12.8. The summed E-state index contributed by atoms with van der Waals surface area (Å²) < 4.78 is 4.61. The van der Waals surface area contributed by atoms with Gasteiger partial charge in [-0.1, -0.05) is 12.1 Å². The fourth-order valence-corrected chi connectivity index (χ4v) is 1.09. The van der Waals surface area contributed by atoms with Gasteiger partial charge in [0.2, 0.25) is 5.91 Å². The molecule has 1 aromatic rings. The van der Waals surface area contributed by atoms with Crippen LogP contribution < -0.4 is 5.32 Å². The van der Waals surface area contributed by atoms with Gasteiger partial charge in [-0.05, 0) is 19.1 Å². The summed E-state index contributed by atoms with van der Waals surface area (Å²) in [5.41, 5.74) is 0.283. The van der Waals surface area contributed by atoms with Gasteiger partial charge in [-0.15, -0.1) is 0 Å². The molecule has 0 saturated heterocycles. The molecule has 0 saturated carbocycles. The van der Waals surface area contributed by atoms with Crippen LogP contribution >= 0.6 is 0 Å². The average molecular weight is 235 g/mol. The molecule has 1 rings (SSSR count). The van der Waals surface area contributed by atoms with E-state index in [2.05, 4.69) is 10.1 Å². The molecule has 0 spiro atoms. The Morgan fingerprint density at radius 2 is 2.06 bits per heavy atom. The minimum Gasteiger partial charge on any atom is -0.506 e. The van der Waals surface area contributed by atoms with E-state index >= 15 is 0 Å². The maximum atomic E-state index is 11.4. The van der Waals surface area contributed by atoms with E-state index in [1.807, 2.05) is 0 Å². The molecule has 0 aliphatic rings. The molecule has 0 aromatic heterocycles. The van der Waals surface area contributed by atoms with E-state index in [0.717, 1.165) is 12.2 Å². The fourth-order valence-electron chi connectivity index (χ4n) is 1.09. The highest BCUT2D eigenvalue weighted by Gasteiger charge is 2.03. The Bertz CT molecular complexity index is 440. The van der Waals surface area contributed by atoms with Crippen LogP contribution in [0.2, 0.25) is 0 Å². The van der Waals surface area contributed by atoms with E-state index < -0.39 is 11.9 Å². The first-order valence-corrected chi connectivity index (χ1v) is 5.07. The first-order chi connectivity index (χ1) is 8.13. The Morgan fingerprint density at radius 3 is 2.71 bits per heavy atom. The molecule has 0 bridgehead atoms. The fraction of sp³-hybridized carbons (Fsp3) is 0.167. The van der Waals surface area contributed by atoms with Gasteiger partial charge in [0.15, 0.2) is 0 Å². The van der Waals surface area contributed by atoms with Gasteiger partial charge in [0, 0.05) is 12.2 Å². The summed E-state index contributed by atoms with van der Waals surface area (Å²) in [6.07, 6.45) is 2.07. The third-order valence-electron chi connectivity index (χ3n) is 1.82. The predicted octanol–water partition coefficient (Wildman–Crippen LogP) is 1.45.